The van der Waals surface area contributed by atoms with Crippen LogP contribution in [0.4, 0.5) is 4.39 Å². The number of rotatable bonds is 4. The second kappa shape index (κ2) is 5.91. The van der Waals surface area contributed by atoms with E-state index in [2.05, 4.69) is 9.97 Å². The number of nitrogens with zero attached hydrogens (tertiary/aromatic N) is 3. The van der Waals surface area contributed by atoms with Crippen LogP contribution in [0.5, 0.6) is 0 Å². The Labute approximate surface area is 135 Å². The van der Waals surface area contributed by atoms with E-state index in [0.717, 1.165) is 21.2 Å². The van der Waals surface area contributed by atoms with Crippen molar-refractivity contribution in [1.29, 1.82) is 0 Å². The van der Waals surface area contributed by atoms with Crippen molar-refractivity contribution in [3.05, 3.63) is 44.9 Å². The number of aromatic nitrogens is 3. The Bertz CT molecular complexity index is 797. The van der Waals surface area contributed by atoms with Gasteiger partial charge in [0, 0.05) is 29.4 Å². The van der Waals surface area contributed by atoms with E-state index in [0.29, 0.717) is 24.4 Å². The number of fused-ring (bicyclic) bond motifs is 1. The Morgan fingerprint density at radius 3 is 2.86 bits per heavy atom. The minimum absolute atomic E-state index is 0.0817. The Kier molecular flexibility index (Phi) is 4.15. The molecule has 0 N–H and O–H groups in total. The molecule has 0 saturated carbocycles. The molecule has 0 fully saturated rings. The summed E-state index contributed by atoms with van der Waals surface area (Å²) in [6, 6.07) is 2.98. The van der Waals surface area contributed by atoms with Gasteiger partial charge in [-0.25, -0.2) is 14.4 Å². The molecule has 0 radical (unpaired) electrons. The predicted molar refractivity (Wildman–Crippen MR) is 85.1 cm³/mol. The zero-order chi connectivity index (χ0) is 15.0. The van der Waals surface area contributed by atoms with Crippen LogP contribution in [0.25, 0.3) is 11.0 Å². The van der Waals surface area contributed by atoms with Crippen LogP contribution in [0.3, 0.4) is 0 Å². The molecule has 0 saturated heterocycles. The first-order valence-electron chi connectivity index (χ1n) is 6.40. The summed E-state index contributed by atoms with van der Waals surface area (Å²) in [5.41, 5.74) is 1.41. The molecule has 0 spiro atoms. The lowest BCUT2D eigenvalue weighted by Gasteiger charge is -2.07. The van der Waals surface area contributed by atoms with Gasteiger partial charge in [0.05, 0.1) is 27.6 Å². The van der Waals surface area contributed by atoms with Crippen molar-refractivity contribution >= 4 is 45.6 Å². The quantitative estimate of drug-likeness (QED) is 0.656. The van der Waals surface area contributed by atoms with Crippen LogP contribution in [0.1, 0.15) is 15.7 Å². The first-order valence-corrected chi connectivity index (χ1v) is 8.13. The molecular formula is C14H12Cl2FN3S. The molecule has 21 heavy (non-hydrogen) atoms. The van der Waals surface area contributed by atoms with E-state index >= 15 is 0 Å². The monoisotopic (exact) mass is 343 g/mol. The van der Waals surface area contributed by atoms with E-state index in [4.69, 9.17) is 23.2 Å². The molecular weight excluding hydrogens is 332 g/mol. The minimum Gasteiger partial charge on any atom is -0.322 e. The molecule has 3 aromatic rings. The van der Waals surface area contributed by atoms with Crippen molar-refractivity contribution in [3.63, 3.8) is 0 Å². The lowest BCUT2D eigenvalue weighted by molar-refractivity contribution is 0.628. The summed E-state index contributed by atoms with van der Waals surface area (Å²) in [6.45, 7) is 2.56. The Morgan fingerprint density at radius 2 is 2.19 bits per heavy atom. The van der Waals surface area contributed by atoms with E-state index in [1.54, 1.807) is 17.4 Å². The molecule has 110 valence electrons. The summed E-state index contributed by atoms with van der Waals surface area (Å²) < 4.78 is 15.7. The lowest BCUT2D eigenvalue weighted by Crippen LogP contribution is -2.05. The third kappa shape index (κ3) is 2.91. The predicted octanol–water partition coefficient (Wildman–Crippen LogP) is 4.42. The molecule has 7 heteroatoms. The summed E-state index contributed by atoms with van der Waals surface area (Å²) in [5, 5.41) is 1.08. The number of hydrogen-bond donors (Lipinski definition) is 0. The van der Waals surface area contributed by atoms with Gasteiger partial charge in [0.1, 0.15) is 11.6 Å². The fourth-order valence-corrected chi connectivity index (χ4v) is 3.37. The Hall–Kier alpha value is -1.17. The Balaban J connectivity index is 2.12. The van der Waals surface area contributed by atoms with Gasteiger partial charge in [-0.3, -0.25) is 0 Å². The number of alkyl halides is 1. The van der Waals surface area contributed by atoms with Gasteiger partial charge in [-0.05, 0) is 13.0 Å². The van der Waals surface area contributed by atoms with E-state index in [1.165, 1.54) is 6.07 Å². The maximum absolute atomic E-state index is 13.8. The normalized spacial score (nSPS) is 11.4. The van der Waals surface area contributed by atoms with Crippen LogP contribution in [-0.4, -0.2) is 20.4 Å². The summed E-state index contributed by atoms with van der Waals surface area (Å²) >= 11 is 13.3. The van der Waals surface area contributed by atoms with Gasteiger partial charge in [0.2, 0.25) is 0 Å². The SMILES string of the molecule is Cc1ncc(Cn2c(CCCl)nc3cc(Cl)c(F)cc32)s1. The fourth-order valence-electron chi connectivity index (χ4n) is 2.26. The van der Waals surface area contributed by atoms with Crippen molar-refractivity contribution in [1.82, 2.24) is 14.5 Å². The van der Waals surface area contributed by atoms with Crippen LogP contribution in [0.15, 0.2) is 18.3 Å². The largest absolute Gasteiger partial charge is 0.322 e. The highest BCUT2D eigenvalue weighted by atomic mass is 35.5. The summed E-state index contributed by atoms with van der Waals surface area (Å²) in [4.78, 5) is 9.86. The van der Waals surface area contributed by atoms with Gasteiger partial charge < -0.3 is 4.57 Å². The summed E-state index contributed by atoms with van der Waals surface area (Å²) in [5.74, 6) is 0.845. The minimum atomic E-state index is -0.441. The third-order valence-electron chi connectivity index (χ3n) is 3.17. The van der Waals surface area contributed by atoms with Gasteiger partial charge in [0.15, 0.2) is 0 Å². The van der Waals surface area contributed by atoms with Crippen molar-refractivity contribution in [3.8, 4) is 0 Å². The topological polar surface area (TPSA) is 30.7 Å². The maximum Gasteiger partial charge on any atom is 0.144 e. The first kappa shape index (κ1) is 14.8. The van der Waals surface area contributed by atoms with Crippen LogP contribution in [0, 0.1) is 12.7 Å². The fraction of sp³-hybridized carbons (Fsp3) is 0.286. The highest BCUT2D eigenvalue weighted by molar-refractivity contribution is 7.11. The van der Waals surface area contributed by atoms with Gasteiger partial charge in [0.25, 0.3) is 0 Å². The van der Waals surface area contributed by atoms with E-state index in [9.17, 15) is 4.39 Å². The van der Waals surface area contributed by atoms with Crippen LogP contribution in [-0.2, 0) is 13.0 Å². The third-order valence-corrected chi connectivity index (χ3v) is 4.55. The highest BCUT2D eigenvalue weighted by Crippen LogP contribution is 2.26. The lowest BCUT2D eigenvalue weighted by atomic mass is 10.3. The molecule has 1 aromatic carbocycles. The van der Waals surface area contributed by atoms with Crippen molar-refractivity contribution < 1.29 is 4.39 Å². The summed E-state index contributed by atoms with van der Waals surface area (Å²) in [6.07, 6.45) is 2.45. The Morgan fingerprint density at radius 1 is 1.38 bits per heavy atom. The van der Waals surface area contributed by atoms with Crippen LogP contribution < -0.4 is 0 Å². The van der Waals surface area contributed by atoms with Gasteiger partial charge >= 0.3 is 0 Å². The molecule has 2 heterocycles. The number of benzene rings is 1. The highest BCUT2D eigenvalue weighted by Gasteiger charge is 2.14. The molecule has 0 atom stereocenters. The number of halogens is 3. The van der Waals surface area contributed by atoms with Crippen LogP contribution in [0.2, 0.25) is 5.02 Å². The second-order valence-electron chi connectivity index (χ2n) is 4.65. The average Bonchev–Trinajstić information content (AvgIpc) is 2.97. The average molecular weight is 344 g/mol. The molecule has 0 aliphatic rings. The molecule has 0 unspecified atom stereocenters. The van der Waals surface area contributed by atoms with Crippen molar-refractivity contribution in [2.75, 3.05) is 5.88 Å². The molecule has 0 bridgehead atoms. The molecule has 0 aliphatic heterocycles. The standard InChI is InChI=1S/C14H12Cl2FN3S/c1-8-18-6-9(21-8)7-20-13-5-11(17)10(16)4-12(13)19-14(20)2-3-15/h4-6H,2-3,7H2,1H3. The first-order chi connectivity index (χ1) is 10.1. The number of aryl methyl sites for hydroxylation is 2. The van der Waals surface area contributed by atoms with Crippen LogP contribution >= 0.6 is 34.5 Å². The number of imidazole rings is 1. The molecule has 0 aliphatic carbocycles. The van der Waals surface area contributed by atoms with Crippen molar-refractivity contribution in [2.45, 2.75) is 19.9 Å². The second-order valence-corrected chi connectivity index (χ2v) is 6.76. The number of hydrogen-bond acceptors (Lipinski definition) is 3. The molecule has 3 nitrogen and oxygen atoms in total. The number of thiazole rings is 1. The zero-order valence-corrected chi connectivity index (χ0v) is 13.6. The zero-order valence-electron chi connectivity index (χ0n) is 11.2. The van der Waals surface area contributed by atoms with Gasteiger partial charge in [-0.15, -0.1) is 22.9 Å². The van der Waals surface area contributed by atoms with Gasteiger partial charge in [-0.1, -0.05) is 11.6 Å². The molecule has 2 aromatic heterocycles. The van der Waals surface area contributed by atoms with E-state index in [1.807, 2.05) is 17.7 Å². The van der Waals surface area contributed by atoms with E-state index in [-0.39, 0.29) is 5.02 Å². The van der Waals surface area contributed by atoms with Crippen molar-refractivity contribution in [2.24, 2.45) is 0 Å². The molecule has 0 amide bonds. The summed E-state index contributed by atoms with van der Waals surface area (Å²) in [7, 11) is 0. The van der Waals surface area contributed by atoms with E-state index < -0.39 is 5.82 Å². The maximum atomic E-state index is 13.8. The molecule has 3 rings (SSSR count). The van der Waals surface area contributed by atoms with Gasteiger partial charge in [-0.2, -0.15) is 0 Å². The smallest absolute Gasteiger partial charge is 0.144 e.